The predicted octanol–water partition coefficient (Wildman–Crippen LogP) is 2.92. The molecule has 2 aromatic rings. The molecule has 0 atom stereocenters. The van der Waals surface area contributed by atoms with Gasteiger partial charge in [0.15, 0.2) is 5.11 Å². The van der Waals surface area contributed by atoms with Gasteiger partial charge in [0, 0.05) is 17.3 Å². The Kier molecular flexibility index (Phi) is 6.25. The molecule has 0 radical (unpaired) electrons. The number of carboxylic acid groups (broad SMARTS) is 1. The van der Waals surface area contributed by atoms with Gasteiger partial charge in [0.25, 0.3) is 5.91 Å². The molecule has 0 aliphatic rings. The molecular formula is C18H16N2O4S. The number of carbonyl (C=O) groups excluding carboxylic acids is 1. The van der Waals surface area contributed by atoms with Crippen LogP contribution in [0, 0.1) is 0 Å². The lowest BCUT2D eigenvalue weighted by atomic mass is 10.2. The van der Waals surface area contributed by atoms with Crippen molar-refractivity contribution in [2.45, 2.75) is 0 Å². The number of anilines is 1. The lowest BCUT2D eigenvalue weighted by Crippen LogP contribution is -2.34. The third kappa shape index (κ3) is 5.74. The van der Waals surface area contributed by atoms with Crippen LogP contribution in [0.3, 0.4) is 0 Å². The minimum Gasteiger partial charge on any atom is -0.497 e. The highest BCUT2D eigenvalue weighted by Gasteiger charge is 2.08. The molecule has 0 aliphatic carbocycles. The Labute approximate surface area is 150 Å². The fourth-order valence-corrected chi connectivity index (χ4v) is 2.18. The van der Waals surface area contributed by atoms with Crippen LogP contribution in [-0.2, 0) is 4.79 Å². The highest BCUT2D eigenvalue weighted by atomic mass is 32.1. The lowest BCUT2D eigenvalue weighted by molar-refractivity contribution is -0.131. The van der Waals surface area contributed by atoms with Crippen LogP contribution in [0.25, 0.3) is 6.08 Å². The molecule has 0 bridgehead atoms. The van der Waals surface area contributed by atoms with Crippen molar-refractivity contribution in [1.82, 2.24) is 5.32 Å². The lowest BCUT2D eigenvalue weighted by Gasteiger charge is -2.10. The van der Waals surface area contributed by atoms with E-state index in [2.05, 4.69) is 10.6 Å². The van der Waals surface area contributed by atoms with Crippen molar-refractivity contribution in [2.75, 3.05) is 12.4 Å². The van der Waals surface area contributed by atoms with Gasteiger partial charge in [-0.3, -0.25) is 10.1 Å². The molecule has 0 saturated carbocycles. The van der Waals surface area contributed by atoms with E-state index >= 15 is 0 Å². The van der Waals surface area contributed by atoms with Gasteiger partial charge in [-0.15, -0.1) is 0 Å². The first kappa shape index (κ1) is 18.2. The van der Waals surface area contributed by atoms with Gasteiger partial charge in [-0.2, -0.15) is 0 Å². The summed E-state index contributed by atoms with van der Waals surface area (Å²) in [5, 5.41) is 14.3. The number of benzene rings is 2. The van der Waals surface area contributed by atoms with Gasteiger partial charge in [0.1, 0.15) is 5.75 Å². The van der Waals surface area contributed by atoms with E-state index in [9.17, 15) is 9.59 Å². The van der Waals surface area contributed by atoms with E-state index in [1.165, 1.54) is 6.08 Å². The molecule has 3 N–H and O–H groups in total. The highest BCUT2D eigenvalue weighted by molar-refractivity contribution is 7.80. The summed E-state index contributed by atoms with van der Waals surface area (Å²) in [7, 11) is 1.55. The maximum absolute atomic E-state index is 12.1. The molecule has 0 spiro atoms. The topological polar surface area (TPSA) is 87.7 Å². The number of hydrogen-bond acceptors (Lipinski definition) is 4. The van der Waals surface area contributed by atoms with Crippen molar-refractivity contribution < 1.29 is 19.4 Å². The standard InChI is InChI=1S/C18H16N2O4S/c1-24-15-8-6-13(7-9-15)17(23)20-18(25)19-14-4-2-3-12(11-14)5-10-16(21)22/h2-11H,1H3,(H,21,22)(H2,19,20,23,25)/b10-5+. The Morgan fingerprint density at radius 1 is 1.16 bits per heavy atom. The fourth-order valence-electron chi connectivity index (χ4n) is 1.97. The van der Waals surface area contributed by atoms with E-state index in [1.807, 2.05) is 0 Å². The molecule has 0 aromatic heterocycles. The van der Waals surface area contributed by atoms with E-state index in [4.69, 9.17) is 22.1 Å². The summed E-state index contributed by atoms with van der Waals surface area (Å²) in [5.41, 5.74) is 1.77. The third-order valence-electron chi connectivity index (χ3n) is 3.14. The molecule has 0 unspecified atom stereocenters. The van der Waals surface area contributed by atoms with Gasteiger partial charge in [0.2, 0.25) is 0 Å². The number of hydrogen-bond donors (Lipinski definition) is 3. The van der Waals surface area contributed by atoms with Crippen LogP contribution in [0.2, 0.25) is 0 Å². The Morgan fingerprint density at radius 3 is 2.52 bits per heavy atom. The monoisotopic (exact) mass is 356 g/mol. The molecule has 2 rings (SSSR count). The molecule has 1 amide bonds. The van der Waals surface area contributed by atoms with Crippen LogP contribution < -0.4 is 15.4 Å². The van der Waals surface area contributed by atoms with Gasteiger partial charge in [-0.1, -0.05) is 12.1 Å². The second-order valence-corrected chi connectivity index (χ2v) is 5.34. The van der Waals surface area contributed by atoms with Crippen LogP contribution in [0.5, 0.6) is 5.75 Å². The average molecular weight is 356 g/mol. The van der Waals surface area contributed by atoms with Crippen molar-refractivity contribution in [3.63, 3.8) is 0 Å². The van der Waals surface area contributed by atoms with Crippen molar-refractivity contribution in [3.05, 3.63) is 65.7 Å². The third-order valence-corrected chi connectivity index (χ3v) is 3.35. The van der Waals surface area contributed by atoms with Gasteiger partial charge >= 0.3 is 5.97 Å². The first-order chi connectivity index (χ1) is 12.0. The van der Waals surface area contributed by atoms with E-state index in [1.54, 1.807) is 55.6 Å². The second-order valence-electron chi connectivity index (χ2n) is 4.93. The second kappa shape index (κ2) is 8.60. The van der Waals surface area contributed by atoms with E-state index in [0.29, 0.717) is 22.6 Å². The van der Waals surface area contributed by atoms with Crippen LogP contribution in [0.4, 0.5) is 5.69 Å². The Morgan fingerprint density at radius 2 is 1.88 bits per heavy atom. The van der Waals surface area contributed by atoms with Crippen LogP contribution >= 0.6 is 12.2 Å². The van der Waals surface area contributed by atoms with E-state index in [-0.39, 0.29) is 11.0 Å². The molecule has 2 aromatic carbocycles. The summed E-state index contributed by atoms with van der Waals surface area (Å²) in [6.45, 7) is 0. The fraction of sp³-hybridized carbons (Fsp3) is 0.0556. The summed E-state index contributed by atoms with van der Waals surface area (Å²) in [4.78, 5) is 22.7. The normalized spacial score (nSPS) is 10.3. The number of nitrogens with one attached hydrogen (secondary N) is 2. The molecule has 25 heavy (non-hydrogen) atoms. The minimum absolute atomic E-state index is 0.139. The largest absolute Gasteiger partial charge is 0.497 e. The number of carbonyl (C=O) groups is 2. The zero-order valence-corrected chi connectivity index (χ0v) is 14.2. The Hall–Kier alpha value is -3.19. The minimum atomic E-state index is -1.03. The molecule has 6 nitrogen and oxygen atoms in total. The molecule has 0 fully saturated rings. The van der Waals surface area contributed by atoms with Crippen LogP contribution in [0.1, 0.15) is 15.9 Å². The van der Waals surface area contributed by atoms with Crippen LogP contribution in [0.15, 0.2) is 54.6 Å². The van der Waals surface area contributed by atoms with Crippen molar-refractivity contribution in [3.8, 4) is 5.75 Å². The van der Waals surface area contributed by atoms with E-state index < -0.39 is 5.97 Å². The van der Waals surface area contributed by atoms with Crippen molar-refractivity contribution in [1.29, 1.82) is 0 Å². The maximum Gasteiger partial charge on any atom is 0.328 e. The first-order valence-corrected chi connectivity index (χ1v) is 7.66. The quantitative estimate of drug-likeness (QED) is 0.564. The predicted molar refractivity (Wildman–Crippen MR) is 99.8 cm³/mol. The Balaban J connectivity index is 1.98. The van der Waals surface area contributed by atoms with Gasteiger partial charge in [-0.05, 0) is 60.3 Å². The van der Waals surface area contributed by atoms with Gasteiger partial charge in [-0.25, -0.2) is 4.79 Å². The highest BCUT2D eigenvalue weighted by Crippen LogP contribution is 2.13. The summed E-state index contributed by atoms with van der Waals surface area (Å²) in [6, 6.07) is 13.6. The number of thiocarbonyl (C=S) groups is 1. The molecule has 0 saturated heterocycles. The zero-order valence-electron chi connectivity index (χ0n) is 13.4. The number of methoxy groups -OCH3 is 1. The molecule has 7 heteroatoms. The summed E-state index contributed by atoms with van der Waals surface area (Å²) in [5.74, 6) is -0.716. The van der Waals surface area contributed by atoms with Gasteiger partial charge < -0.3 is 15.2 Å². The molecule has 0 aliphatic heterocycles. The Bertz CT molecular complexity index is 816. The first-order valence-electron chi connectivity index (χ1n) is 7.25. The summed E-state index contributed by atoms with van der Waals surface area (Å²) in [6.07, 6.45) is 2.51. The van der Waals surface area contributed by atoms with Crippen LogP contribution in [-0.4, -0.2) is 29.2 Å². The van der Waals surface area contributed by atoms with E-state index in [0.717, 1.165) is 6.08 Å². The van der Waals surface area contributed by atoms with Crippen molar-refractivity contribution in [2.24, 2.45) is 0 Å². The van der Waals surface area contributed by atoms with Crippen molar-refractivity contribution >= 4 is 41.0 Å². The summed E-state index contributed by atoms with van der Waals surface area (Å²) >= 11 is 5.13. The zero-order chi connectivity index (χ0) is 18.2. The number of aliphatic carboxylic acids is 1. The number of rotatable bonds is 5. The number of ether oxygens (including phenoxy) is 1. The van der Waals surface area contributed by atoms with Gasteiger partial charge in [0.05, 0.1) is 7.11 Å². The summed E-state index contributed by atoms with van der Waals surface area (Å²) < 4.78 is 5.04. The molecule has 0 heterocycles. The number of amides is 1. The average Bonchev–Trinajstić information content (AvgIpc) is 2.60. The maximum atomic E-state index is 12.1. The molecular weight excluding hydrogens is 340 g/mol. The smallest absolute Gasteiger partial charge is 0.328 e. The molecule has 128 valence electrons. The SMILES string of the molecule is COc1ccc(C(=O)NC(=S)Nc2cccc(/C=C/C(=O)O)c2)cc1. The number of carboxylic acids is 1.